The van der Waals surface area contributed by atoms with Gasteiger partial charge in [-0.15, -0.1) is 22.6 Å². The zero-order chi connectivity index (χ0) is 16.9. The fraction of sp³-hybridized carbons (Fsp3) is 0.471. The molecule has 2 heterocycles. The van der Waals surface area contributed by atoms with Gasteiger partial charge >= 0.3 is 0 Å². The Bertz CT molecular complexity index is 702. The fourth-order valence-electron chi connectivity index (χ4n) is 2.89. The number of halogens is 1. The van der Waals surface area contributed by atoms with E-state index in [0.717, 1.165) is 36.6 Å². The van der Waals surface area contributed by atoms with Crippen LogP contribution in [0.1, 0.15) is 25.1 Å². The van der Waals surface area contributed by atoms with Crippen LogP contribution in [-0.4, -0.2) is 40.4 Å². The highest BCUT2D eigenvalue weighted by Crippen LogP contribution is 2.24. The average molecular weight is 366 g/mol. The summed E-state index contributed by atoms with van der Waals surface area (Å²) in [5.74, 6) is 1.69. The van der Waals surface area contributed by atoms with Crippen LogP contribution >= 0.6 is 12.4 Å². The lowest BCUT2D eigenvalue weighted by Gasteiger charge is -2.12. The summed E-state index contributed by atoms with van der Waals surface area (Å²) in [4.78, 5) is 11.9. The van der Waals surface area contributed by atoms with Gasteiger partial charge in [-0.05, 0) is 37.1 Å². The van der Waals surface area contributed by atoms with Crippen LogP contribution < -0.4 is 11.1 Å². The van der Waals surface area contributed by atoms with Gasteiger partial charge in [0, 0.05) is 31.3 Å². The highest BCUT2D eigenvalue weighted by atomic mass is 35.5. The van der Waals surface area contributed by atoms with Crippen molar-refractivity contribution in [1.29, 1.82) is 0 Å². The third-order valence-corrected chi connectivity index (χ3v) is 4.20. The lowest BCUT2D eigenvalue weighted by molar-refractivity contribution is -0.118. The zero-order valence-electron chi connectivity index (χ0n) is 14.3. The summed E-state index contributed by atoms with van der Waals surface area (Å²) in [5.41, 5.74) is 7.41. The Morgan fingerprint density at radius 1 is 1.28 bits per heavy atom. The maximum atomic E-state index is 11.9. The second-order valence-electron chi connectivity index (χ2n) is 6.03. The van der Waals surface area contributed by atoms with Crippen LogP contribution in [0.25, 0.3) is 11.4 Å². The predicted octanol–water partition coefficient (Wildman–Crippen LogP) is 2.01. The number of amides is 1. The number of methoxy groups -OCH3 is 1. The summed E-state index contributed by atoms with van der Waals surface area (Å²) in [6.07, 6.45) is 4.54. The molecule has 1 aliphatic heterocycles. The molecule has 0 fully saturated rings. The first-order valence-electron chi connectivity index (χ1n) is 8.27. The second kappa shape index (κ2) is 8.94. The molecule has 1 unspecified atom stereocenters. The number of nitrogens with one attached hydrogen (secondary N) is 1. The van der Waals surface area contributed by atoms with Gasteiger partial charge < -0.3 is 20.4 Å². The summed E-state index contributed by atoms with van der Waals surface area (Å²) >= 11 is 0. The van der Waals surface area contributed by atoms with Crippen LogP contribution in [0.15, 0.2) is 24.3 Å². The zero-order valence-corrected chi connectivity index (χ0v) is 15.1. The summed E-state index contributed by atoms with van der Waals surface area (Å²) < 4.78 is 7.09. The molecule has 3 N–H and O–H groups in total. The minimum absolute atomic E-state index is 0. The van der Waals surface area contributed by atoms with Crippen molar-refractivity contribution in [3.05, 3.63) is 30.1 Å². The number of fused-ring (bicyclic) bond motifs is 1. The van der Waals surface area contributed by atoms with E-state index < -0.39 is 6.04 Å². The first-order chi connectivity index (χ1) is 11.7. The molecule has 0 spiro atoms. The normalized spacial score (nSPS) is 14.8. The molecule has 0 aliphatic carbocycles. The number of nitrogens with two attached hydrogens (primary N) is 1. The van der Waals surface area contributed by atoms with E-state index in [0.29, 0.717) is 5.69 Å². The SMILES string of the molecule is COCC(N)C(=O)Nc1ccc(-c2nnc3n2CCCCC3)cc1.Cl. The summed E-state index contributed by atoms with van der Waals surface area (Å²) in [5, 5.41) is 11.4. The molecule has 1 aromatic heterocycles. The van der Waals surface area contributed by atoms with Crippen molar-refractivity contribution in [1.82, 2.24) is 14.8 Å². The van der Waals surface area contributed by atoms with E-state index in [-0.39, 0.29) is 24.9 Å². The Kier molecular flexibility index (Phi) is 6.92. The standard InChI is InChI=1S/C17H23N5O2.ClH/c1-24-11-14(18)17(23)19-13-8-6-12(7-9-13)16-21-20-15-5-3-2-4-10-22(15)16;/h6-9,14H,2-5,10-11,18H2,1H3,(H,19,23);1H. The second-order valence-corrected chi connectivity index (χ2v) is 6.03. The molecule has 0 bridgehead atoms. The van der Waals surface area contributed by atoms with Gasteiger partial charge in [-0.1, -0.05) is 6.42 Å². The van der Waals surface area contributed by atoms with Crippen LogP contribution in [0.4, 0.5) is 5.69 Å². The smallest absolute Gasteiger partial charge is 0.243 e. The highest BCUT2D eigenvalue weighted by molar-refractivity contribution is 5.94. The van der Waals surface area contributed by atoms with Gasteiger partial charge in [0.05, 0.1) is 6.61 Å². The van der Waals surface area contributed by atoms with Crippen molar-refractivity contribution in [2.75, 3.05) is 19.0 Å². The number of carbonyl (C=O) groups excluding carboxylic acids is 1. The number of carbonyl (C=O) groups is 1. The number of hydrogen-bond acceptors (Lipinski definition) is 5. The van der Waals surface area contributed by atoms with Crippen molar-refractivity contribution >= 4 is 24.0 Å². The maximum absolute atomic E-state index is 11.9. The monoisotopic (exact) mass is 365 g/mol. The topological polar surface area (TPSA) is 95.1 Å². The number of rotatable bonds is 5. The van der Waals surface area contributed by atoms with Crippen LogP contribution in [-0.2, 0) is 22.5 Å². The van der Waals surface area contributed by atoms with Gasteiger partial charge in [-0.2, -0.15) is 0 Å². The number of aromatic nitrogens is 3. The third kappa shape index (κ3) is 4.56. The van der Waals surface area contributed by atoms with Gasteiger partial charge in [0.1, 0.15) is 11.9 Å². The highest BCUT2D eigenvalue weighted by Gasteiger charge is 2.16. The number of anilines is 1. The molecular formula is C17H24ClN5O2. The van der Waals surface area contributed by atoms with Crippen molar-refractivity contribution in [2.45, 2.75) is 38.3 Å². The van der Waals surface area contributed by atoms with E-state index >= 15 is 0 Å². The van der Waals surface area contributed by atoms with E-state index in [1.807, 2.05) is 24.3 Å². The van der Waals surface area contributed by atoms with Gasteiger partial charge in [-0.3, -0.25) is 4.79 Å². The molecule has 0 radical (unpaired) electrons. The molecule has 136 valence electrons. The Morgan fingerprint density at radius 3 is 2.76 bits per heavy atom. The van der Waals surface area contributed by atoms with Crippen LogP contribution in [0.2, 0.25) is 0 Å². The largest absolute Gasteiger partial charge is 0.383 e. The van der Waals surface area contributed by atoms with Crippen LogP contribution in [0.5, 0.6) is 0 Å². The molecule has 8 heteroatoms. The number of aryl methyl sites for hydroxylation is 1. The molecule has 1 atom stereocenters. The summed E-state index contributed by atoms with van der Waals surface area (Å²) in [7, 11) is 1.52. The van der Waals surface area contributed by atoms with E-state index in [2.05, 4.69) is 20.1 Å². The minimum atomic E-state index is -0.679. The molecule has 0 saturated heterocycles. The molecule has 1 aliphatic rings. The molecule has 1 aromatic carbocycles. The van der Waals surface area contributed by atoms with Gasteiger partial charge in [0.25, 0.3) is 0 Å². The number of hydrogen-bond donors (Lipinski definition) is 2. The molecule has 7 nitrogen and oxygen atoms in total. The van der Waals surface area contributed by atoms with Gasteiger partial charge in [0.2, 0.25) is 5.91 Å². The number of nitrogens with zero attached hydrogens (tertiary/aromatic N) is 3. The Balaban J connectivity index is 0.00000225. The van der Waals surface area contributed by atoms with Crippen molar-refractivity contribution in [3.8, 4) is 11.4 Å². The number of benzene rings is 1. The Labute approximate surface area is 153 Å². The van der Waals surface area contributed by atoms with Crippen LogP contribution in [0, 0.1) is 0 Å². The maximum Gasteiger partial charge on any atom is 0.243 e. The summed E-state index contributed by atoms with van der Waals surface area (Å²) in [6.45, 7) is 1.15. The van der Waals surface area contributed by atoms with Gasteiger partial charge in [0.15, 0.2) is 5.82 Å². The van der Waals surface area contributed by atoms with Crippen molar-refractivity contribution in [2.24, 2.45) is 5.73 Å². The molecule has 2 aromatic rings. The first-order valence-corrected chi connectivity index (χ1v) is 8.27. The van der Waals surface area contributed by atoms with E-state index in [1.165, 1.54) is 20.0 Å². The van der Waals surface area contributed by atoms with Crippen LogP contribution in [0.3, 0.4) is 0 Å². The molecule has 25 heavy (non-hydrogen) atoms. The van der Waals surface area contributed by atoms with E-state index in [1.54, 1.807) is 0 Å². The predicted molar refractivity (Wildman–Crippen MR) is 98.7 cm³/mol. The molecular weight excluding hydrogens is 342 g/mol. The Hall–Kier alpha value is -1.96. The molecule has 0 saturated carbocycles. The lowest BCUT2D eigenvalue weighted by atomic mass is 10.2. The molecule has 1 amide bonds. The fourth-order valence-corrected chi connectivity index (χ4v) is 2.89. The van der Waals surface area contributed by atoms with E-state index in [4.69, 9.17) is 10.5 Å². The van der Waals surface area contributed by atoms with Gasteiger partial charge in [-0.25, -0.2) is 0 Å². The molecule has 3 rings (SSSR count). The van der Waals surface area contributed by atoms with E-state index in [9.17, 15) is 4.79 Å². The first kappa shape index (κ1) is 19.4. The quantitative estimate of drug-likeness (QED) is 0.845. The number of ether oxygens (including phenoxy) is 1. The average Bonchev–Trinajstić information content (AvgIpc) is 2.84. The Morgan fingerprint density at radius 2 is 2.04 bits per heavy atom. The lowest BCUT2D eigenvalue weighted by Crippen LogP contribution is -2.39. The minimum Gasteiger partial charge on any atom is -0.383 e. The van der Waals surface area contributed by atoms with Crippen molar-refractivity contribution < 1.29 is 9.53 Å². The third-order valence-electron chi connectivity index (χ3n) is 4.20. The summed E-state index contributed by atoms with van der Waals surface area (Å²) in [6, 6.07) is 6.91. The van der Waals surface area contributed by atoms with Crippen molar-refractivity contribution in [3.63, 3.8) is 0 Å².